The third-order valence-corrected chi connectivity index (χ3v) is 3.14. The van der Waals surface area contributed by atoms with Crippen LogP contribution in [0, 0.1) is 11.3 Å². The van der Waals surface area contributed by atoms with E-state index in [1.54, 1.807) is 18.2 Å². The van der Waals surface area contributed by atoms with Gasteiger partial charge in [0.05, 0.1) is 19.0 Å². The van der Waals surface area contributed by atoms with Gasteiger partial charge in [-0.1, -0.05) is 6.07 Å². The van der Waals surface area contributed by atoms with Gasteiger partial charge in [0.25, 0.3) is 5.56 Å². The van der Waals surface area contributed by atoms with Crippen LogP contribution in [-0.4, -0.2) is 17.1 Å². The SMILES string of the molecule is COc1cccc(C#N)c1Nc1nc[nH]c(=O)c1Br. The Balaban J connectivity index is 2.52. The van der Waals surface area contributed by atoms with Crippen molar-refractivity contribution in [3.8, 4) is 11.8 Å². The fraction of sp³-hybridized carbons (Fsp3) is 0.0833. The van der Waals surface area contributed by atoms with E-state index in [0.29, 0.717) is 22.8 Å². The number of H-pyrrole nitrogens is 1. The zero-order valence-electron chi connectivity index (χ0n) is 9.90. The Hall–Kier alpha value is -2.33. The second-order valence-electron chi connectivity index (χ2n) is 3.51. The summed E-state index contributed by atoms with van der Waals surface area (Å²) in [5.74, 6) is 0.804. The van der Waals surface area contributed by atoms with E-state index in [2.05, 4.69) is 37.3 Å². The molecule has 0 unspecified atom stereocenters. The molecule has 1 aromatic carbocycles. The quantitative estimate of drug-likeness (QED) is 0.904. The van der Waals surface area contributed by atoms with E-state index in [1.807, 2.05) is 0 Å². The van der Waals surface area contributed by atoms with Crippen molar-refractivity contribution < 1.29 is 4.74 Å². The van der Waals surface area contributed by atoms with Crippen LogP contribution in [0.1, 0.15) is 5.56 Å². The molecular formula is C12H9BrN4O2. The molecule has 2 rings (SSSR count). The third kappa shape index (κ3) is 2.58. The number of ether oxygens (including phenoxy) is 1. The Morgan fingerprint density at radius 2 is 2.32 bits per heavy atom. The third-order valence-electron chi connectivity index (χ3n) is 2.41. The van der Waals surface area contributed by atoms with Gasteiger partial charge in [0.2, 0.25) is 0 Å². The number of rotatable bonds is 3. The highest BCUT2D eigenvalue weighted by Gasteiger charge is 2.12. The molecule has 0 saturated carbocycles. The van der Waals surface area contributed by atoms with E-state index >= 15 is 0 Å². The van der Waals surface area contributed by atoms with Crippen molar-refractivity contribution in [3.63, 3.8) is 0 Å². The Morgan fingerprint density at radius 1 is 1.53 bits per heavy atom. The number of nitrogens with zero attached hydrogens (tertiary/aromatic N) is 2. The van der Waals surface area contributed by atoms with E-state index in [9.17, 15) is 4.79 Å². The van der Waals surface area contributed by atoms with Crippen LogP contribution in [0.5, 0.6) is 5.75 Å². The molecule has 96 valence electrons. The van der Waals surface area contributed by atoms with Crippen molar-refractivity contribution in [2.75, 3.05) is 12.4 Å². The highest BCUT2D eigenvalue weighted by Crippen LogP contribution is 2.31. The second kappa shape index (κ2) is 5.54. The molecule has 0 bridgehead atoms. The minimum absolute atomic E-state index is 0.254. The van der Waals surface area contributed by atoms with Crippen LogP contribution in [-0.2, 0) is 0 Å². The maximum atomic E-state index is 11.5. The summed E-state index contributed by atoms with van der Waals surface area (Å²) < 4.78 is 5.44. The van der Waals surface area contributed by atoms with Crippen molar-refractivity contribution in [1.82, 2.24) is 9.97 Å². The summed E-state index contributed by atoms with van der Waals surface area (Å²) in [4.78, 5) is 17.9. The number of benzene rings is 1. The van der Waals surface area contributed by atoms with Gasteiger partial charge in [0.15, 0.2) is 5.82 Å². The normalized spacial score (nSPS) is 9.74. The van der Waals surface area contributed by atoms with Crippen molar-refractivity contribution in [3.05, 3.63) is 44.9 Å². The number of hydrogen-bond donors (Lipinski definition) is 2. The number of halogens is 1. The lowest BCUT2D eigenvalue weighted by atomic mass is 10.2. The molecule has 19 heavy (non-hydrogen) atoms. The van der Waals surface area contributed by atoms with Crippen LogP contribution >= 0.6 is 15.9 Å². The molecule has 2 aromatic rings. The molecule has 7 heteroatoms. The predicted octanol–water partition coefficient (Wildman–Crippen LogP) is 2.16. The van der Waals surface area contributed by atoms with E-state index in [1.165, 1.54) is 13.4 Å². The Labute approximate surface area is 117 Å². The second-order valence-corrected chi connectivity index (χ2v) is 4.31. The van der Waals surface area contributed by atoms with Gasteiger partial charge in [-0.2, -0.15) is 5.26 Å². The molecule has 0 spiro atoms. The Kier molecular flexibility index (Phi) is 3.82. The van der Waals surface area contributed by atoms with E-state index in [-0.39, 0.29) is 10.0 Å². The lowest BCUT2D eigenvalue weighted by Crippen LogP contribution is -2.10. The predicted molar refractivity (Wildman–Crippen MR) is 73.5 cm³/mol. The minimum atomic E-state index is -0.314. The monoisotopic (exact) mass is 320 g/mol. The molecule has 0 radical (unpaired) electrons. The van der Waals surface area contributed by atoms with Crippen LogP contribution in [0.15, 0.2) is 33.8 Å². The van der Waals surface area contributed by atoms with Gasteiger partial charge in [-0.05, 0) is 28.1 Å². The largest absolute Gasteiger partial charge is 0.495 e. The molecule has 0 aliphatic heterocycles. The number of nitrogens with one attached hydrogen (secondary N) is 2. The summed E-state index contributed by atoms with van der Waals surface area (Å²) in [5, 5.41) is 12.0. The number of anilines is 2. The first kappa shape index (κ1) is 13.1. The molecule has 1 heterocycles. The van der Waals surface area contributed by atoms with Gasteiger partial charge in [-0.25, -0.2) is 4.98 Å². The van der Waals surface area contributed by atoms with Gasteiger partial charge >= 0.3 is 0 Å². The average molecular weight is 321 g/mol. The number of para-hydroxylation sites is 1. The van der Waals surface area contributed by atoms with Gasteiger partial charge in [0.1, 0.15) is 22.0 Å². The topological polar surface area (TPSA) is 90.8 Å². The first-order valence-corrected chi connectivity index (χ1v) is 6.04. The zero-order chi connectivity index (χ0) is 13.8. The summed E-state index contributed by atoms with van der Waals surface area (Å²) >= 11 is 3.14. The van der Waals surface area contributed by atoms with Crippen molar-refractivity contribution in [1.29, 1.82) is 5.26 Å². The molecule has 0 fully saturated rings. The molecule has 0 atom stereocenters. The van der Waals surface area contributed by atoms with Gasteiger partial charge in [-0.3, -0.25) is 4.79 Å². The molecule has 2 N–H and O–H groups in total. The van der Waals surface area contributed by atoms with Crippen LogP contribution < -0.4 is 15.6 Å². The van der Waals surface area contributed by atoms with Gasteiger partial charge in [-0.15, -0.1) is 0 Å². The van der Waals surface area contributed by atoms with Crippen molar-refractivity contribution >= 4 is 27.4 Å². The highest BCUT2D eigenvalue weighted by atomic mass is 79.9. The first-order chi connectivity index (χ1) is 9.17. The van der Waals surface area contributed by atoms with E-state index in [0.717, 1.165) is 0 Å². The number of aromatic nitrogens is 2. The van der Waals surface area contributed by atoms with Crippen molar-refractivity contribution in [2.24, 2.45) is 0 Å². The lowest BCUT2D eigenvalue weighted by molar-refractivity contribution is 0.416. The maximum Gasteiger partial charge on any atom is 0.267 e. The molecule has 1 aromatic heterocycles. The zero-order valence-corrected chi connectivity index (χ0v) is 11.5. The first-order valence-electron chi connectivity index (χ1n) is 5.24. The minimum Gasteiger partial charge on any atom is -0.495 e. The van der Waals surface area contributed by atoms with Crippen molar-refractivity contribution in [2.45, 2.75) is 0 Å². The summed E-state index contributed by atoms with van der Waals surface area (Å²) in [6.07, 6.45) is 1.27. The fourth-order valence-electron chi connectivity index (χ4n) is 1.51. The van der Waals surface area contributed by atoms with Gasteiger partial charge < -0.3 is 15.0 Å². The Bertz CT molecular complexity index is 706. The summed E-state index contributed by atoms with van der Waals surface area (Å²) in [6.45, 7) is 0. The summed E-state index contributed by atoms with van der Waals surface area (Å²) in [5.41, 5.74) is 0.547. The van der Waals surface area contributed by atoms with Crippen LogP contribution in [0.25, 0.3) is 0 Å². The van der Waals surface area contributed by atoms with E-state index < -0.39 is 0 Å². The van der Waals surface area contributed by atoms with Crippen LogP contribution in [0.2, 0.25) is 0 Å². The van der Waals surface area contributed by atoms with Crippen LogP contribution in [0.3, 0.4) is 0 Å². The molecule has 0 aliphatic carbocycles. The molecule has 0 aliphatic rings. The number of nitriles is 1. The Morgan fingerprint density at radius 3 is 3.00 bits per heavy atom. The highest BCUT2D eigenvalue weighted by molar-refractivity contribution is 9.10. The maximum absolute atomic E-state index is 11.5. The number of hydrogen-bond acceptors (Lipinski definition) is 5. The lowest BCUT2D eigenvalue weighted by Gasteiger charge is -2.12. The van der Waals surface area contributed by atoms with Crippen LogP contribution in [0.4, 0.5) is 11.5 Å². The summed E-state index contributed by atoms with van der Waals surface area (Å²) in [7, 11) is 1.50. The molecular weight excluding hydrogens is 312 g/mol. The molecule has 6 nitrogen and oxygen atoms in total. The number of aromatic amines is 1. The molecule has 0 amide bonds. The smallest absolute Gasteiger partial charge is 0.267 e. The molecule has 0 saturated heterocycles. The standard InChI is InChI=1S/C12H9BrN4O2/c1-19-8-4-2-3-7(5-14)10(8)17-11-9(13)12(18)16-6-15-11/h2-4,6H,1H3,(H2,15,16,17,18). The summed E-state index contributed by atoms with van der Waals surface area (Å²) in [6, 6.07) is 7.12. The number of methoxy groups -OCH3 is 1. The van der Waals surface area contributed by atoms with E-state index in [4.69, 9.17) is 10.00 Å². The fourth-order valence-corrected chi connectivity index (χ4v) is 1.83. The van der Waals surface area contributed by atoms with Gasteiger partial charge in [0, 0.05) is 0 Å². The average Bonchev–Trinajstić information content (AvgIpc) is 2.44.